The van der Waals surface area contributed by atoms with Crippen molar-refractivity contribution in [2.24, 2.45) is 11.8 Å². The van der Waals surface area contributed by atoms with Crippen LogP contribution in [0.15, 0.2) is 0 Å². The molecule has 4 rings (SSSR count). The molecule has 0 radical (unpaired) electrons. The average molecular weight is 592 g/mol. The van der Waals surface area contributed by atoms with E-state index in [-0.39, 0.29) is 63.8 Å². The Morgan fingerprint density at radius 3 is 1.06 bits per heavy atom. The summed E-state index contributed by atoms with van der Waals surface area (Å²) in [6.45, 7) is 6.54. The van der Waals surface area contributed by atoms with Gasteiger partial charge < -0.3 is 34.6 Å². The fourth-order valence-corrected chi connectivity index (χ4v) is 6.08. The van der Waals surface area contributed by atoms with Gasteiger partial charge in [0, 0.05) is 13.1 Å². The fraction of sp³-hybridized carbons (Fsp3) is 0.879. The number of hydrogen-bond donors (Lipinski definition) is 0. The van der Waals surface area contributed by atoms with E-state index in [0.29, 0.717) is 0 Å². The van der Waals surface area contributed by atoms with Crippen LogP contribution in [0.5, 0.6) is 0 Å². The summed E-state index contributed by atoms with van der Waals surface area (Å²) in [5.41, 5.74) is 0. The molecule has 4 aliphatic rings. The molecule has 0 aromatic heterocycles. The van der Waals surface area contributed by atoms with Crippen molar-refractivity contribution in [3.8, 4) is 0 Å². The Balaban J connectivity index is -0.000000169. The Labute approximate surface area is 253 Å². The molecule has 222 valence electrons. The summed E-state index contributed by atoms with van der Waals surface area (Å²) in [6.07, 6.45) is 34.2. The predicted octanol–water partition coefficient (Wildman–Crippen LogP) is 11.3. The number of unbranched alkanes of at least 4 members (excludes halogenated alkanes) is 4. The largest absolute Gasteiger partial charge is 2.00 e. The molecule has 4 fully saturated rings. The van der Waals surface area contributed by atoms with Crippen LogP contribution in [0.25, 0.3) is 0 Å². The third-order valence-corrected chi connectivity index (χ3v) is 8.06. The molecule has 0 amide bonds. The minimum atomic E-state index is 0. The quantitative estimate of drug-likeness (QED) is 0.139. The minimum absolute atomic E-state index is 0. The monoisotopic (exact) mass is 591 g/mol. The first-order valence-corrected chi connectivity index (χ1v) is 14.6. The molecule has 0 spiro atoms. The first-order valence-electron chi connectivity index (χ1n) is 14.6. The summed E-state index contributed by atoms with van der Waals surface area (Å²) in [7, 11) is 0. The molecular weight excluding hydrogens is 522 g/mol. The van der Waals surface area contributed by atoms with E-state index >= 15 is 0 Å². The molecule has 4 saturated carbocycles. The van der Waals surface area contributed by atoms with E-state index in [0.717, 1.165) is 11.8 Å². The predicted molar refractivity (Wildman–Crippen MR) is 161 cm³/mol. The first-order chi connectivity index (χ1) is 14.9. The summed E-state index contributed by atoms with van der Waals surface area (Å²) in [6, 6.07) is 0. The van der Waals surface area contributed by atoms with Gasteiger partial charge in [0.25, 0.3) is 0 Å². The van der Waals surface area contributed by atoms with E-state index in [1.807, 2.05) is 0 Å². The van der Waals surface area contributed by atoms with E-state index in [4.69, 9.17) is 0 Å². The summed E-state index contributed by atoms with van der Waals surface area (Å²) < 4.78 is 0. The molecule has 0 N–H and O–H groups in total. The Bertz CT molecular complexity index is 313. The topological polar surface area (TPSA) is 3.24 Å². The molecule has 0 aliphatic heterocycles. The second-order valence-electron chi connectivity index (χ2n) is 11.0. The third-order valence-electron chi connectivity index (χ3n) is 8.06. The molecule has 0 aromatic rings. The van der Waals surface area contributed by atoms with Gasteiger partial charge in [-0.25, -0.2) is 0 Å². The van der Waals surface area contributed by atoms with Crippen LogP contribution in [-0.2, 0) is 34.1 Å². The molecule has 3 heteroatoms. The molecule has 0 unspecified atom stereocenters. The summed E-state index contributed by atoms with van der Waals surface area (Å²) in [4.78, 5) is 2.86. The zero-order valence-corrected chi connectivity index (χ0v) is 27.9. The second kappa shape index (κ2) is 34.0. The zero-order chi connectivity index (χ0) is 21.1. The minimum Gasteiger partial charge on any atom is -0.358 e. The van der Waals surface area contributed by atoms with E-state index in [2.05, 4.69) is 11.8 Å². The molecule has 4 aliphatic carbocycles. The van der Waals surface area contributed by atoms with E-state index in [1.165, 1.54) is 167 Å². The smallest absolute Gasteiger partial charge is 0.358 e. The SMILES string of the molecule is C1CCCC1.C1CCCC1.CCCCCCCN(CC1CCCC1)CC1CCCC1.[CH3-].[CH3-].[CH3-].[CH3-].[Fe+2].[Fe+2]. The van der Waals surface area contributed by atoms with Crippen molar-refractivity contribution in [2.45, 2.75) is 155 Å². The standard InChI is InChI=1S/C19H37N.2C5H10.4CH3.2Fe/c1-2-3-4-5-10-15-20(16-18-11-6-7-12-18)17-19-13-8-9-14-19;2*1-2-4-5-3-1;;;;;;/h18-19H,2-17H2,1H3;2*1-5H2;4*1H3;;/q;;;4*-1;2*+2. The molecule has 0 aromatic carbocycles. The Kier molecular flexibility index (Phi) is 44.3. The fourth-order valence-electron chi connectivity index (χ4n) is 6.08. The van der Waals surface area contributed by atoms with Crippen molar-refractivity contribution in [2.75, 3.05) is 19.6 Å². The van der Waals surface area contributed by atoms with E-state index in [1.54, 1.807) is 0 Å². The third kappa shape index (κ3) is 25.3. The van der Waals surface area contributed by atoms with Gasteiger partial charge in [-0.2, -0.15) is 0 Å². The van der Waals surface area contributed by atoms with E-state index in [9.17, 15) is 0 Å². The molecular formula is C33H69Fe2N. The van der Waals surface area contributed by atoms with Gasteiger partial charge in [-0.1, -0.05) is 122 Å². The van der Waals surface area contributed by atoms with Crippen LogP contribution in [0, 0.1) is 41.5 Å². The van der Waals surface area contributed by atoms with Crippen LogP contribution in [0.4, 0.5) is 0 Å². The Morgan fingerprint density at radius 2 is 0.750 bits per heavy atom. The van der Waals surface area contributed by atoms with Crippen LogP contribution < -0.4 is 0 Å². The van der Waals surface area contributed by atoms with Crippen LogP contribution in [-0.4, -0.2) is 24.5 Å². The van der Waals surface area contributed by atoms with Gasteiger partial charge >= 0.3 is 34.1 Å². The van der Waals surface area contributed by atoms with Gasteiger partial charge in [-0.15, -0.1) is 0 Å². The molecule has 0 saturated heterocycles. The van der Waals surface area contributed by atoms with Crippen molar-refractivity contribution in [3.63, 3.8) is 0 Å². The molecule has 0 bridgehead atoms. The van der Waals surface area contributed by atoms with Crippen molar-refractivity contribution in [1.29, 1.82) is 0 Å². The average Bonchev–Trinajstić information content (AvgIpc) is 3.58. The van der Waals surface area contributed by atoms with Crippen LogP contribution in [0.2, 0.25) is 0 Å². The van der Waals surface area contributed by atoms with Crippen molar-refractivity contribution in [3.05, 3.63) is 29.7 Å². The first kappa shape index (κ1) is 46.8. The van der Waals surface area contributed by atoms with Crippen LogP contribution >= 0.6 is 0 Å². The molecule has 0 heterocycles. The van der Waals surface area contributed by atoms with Gasteiger partial charge in [0.2, 0.25) is 0 Å². The van der Waals surface area contributed by atoms with Gasteiger partial charge in [0.1, 0.15) is 0 Å². The zero-order valence-electron chi connectivity index (χ0n) is 25.7. The summed E-state index contributed by atoms with van der Waals surface area (Å²) in [5, 5.41) is 0. The molecule has 36 heavy (non-hydrogen) atoms. The number of hydrogen-bond acceptors (Lipinski definition) is 1. The van der Waals surface area contributed by atoms with E-state index < -0.39 is 0 Å². The molecule has 1 nitrogen and oxygen atoms in total. The van der Waals surface area contributed by atoms with Crippen molar-refractivity contribution in [1.82, 2.24) is 4.90 Å². The van der Waals surface area contributed by atoms with Gasteiger partial charge in [-0.05, 0) is 50.5 Å². The maximum absolute atomic E-state index is 2.86. The van der Waals surface area contributed by atoms with Gasteiger partial charge in [0.15, 0.2) is 0 Å². The van der Waals surface area contributed by atoms with Crippen LogP contribution in [0.3, 0.4) is 0 Å². The number of rotatable bonds is 10. The number of nitrogens with zero attached hydrogens (tertiary/aromatic N) is 1. The normalized spacial score (nSPS) is 18.5. The summed E-state index contributed by atoms with van der Waals surface area (Å²) >= 11 is 0. The van der Waals surface area contributed by atoms with Gasteiger partial charge in [0.05, 0.1) is 0 Å². The summed E-state index contributed by atoms with van der Waals surface area (Å²) in [5.74, 6) is 2.07. The Morgan fingerprint density at radius 1 is 0.444 bits per heavy atom. The Hall–Kier alpha value is 0.999. The maximum Gasteiger partial charge on any atom is 2.00 e. The molecule has 0 atom stereocenters. The van der Waals surface area contributed by atoms with Crippen LogP contribution in [0.1, 0.15) is 155 Å². The second-order valence-corrected chi connectivity index (χ2v) is 11.0. The van der Waals surface area contributed by atoms with Crippen molar-refractivity contribution >= 4 is 0 Å². The maximum atomic E-state index is 2.86. The van der Waals surface area contributed by atoms with Crippen molar-refractivity contribution < 1.29 is 34.1 Å². The van der Waals surface area contributed by atoms with Gasteiger partial charge in [-0.3, -0.25) is 0 Å².